The van der Waals surface area contributed by atoms with Crippen LogP contribution in [0.25, 0.3) is 10.9 Å². The Bertz CT molecular complexity index is 834. The van der Waals surface area contributed by atoms with Crippen molar-refractivity contribution in [2.45, 2.75) is 13.5 Å². The molecule has 2 aromatic heterocycles. The van der Waals surface area contributed by atoms with Crippen molar-refractivity contribution in [3.63, 3.8) is 0 Å². The number of non-ortho nitro benzene ring substituents is 1. The monoisotopic (exact) mass is 294 g/mol. The second kappa shape index (κ2) is 5.77. The molecule has 1 N–H and O–H groups in total. The number of fused-ring (bicyclic) bond motifs is 1. The lowest BCUT2D eigenvalue weighted by atomic mass is 10.1. The molecule has 0 aliphatic rings. The van der Waals surface area contributed by atoms with Crippen LogP contribution < -0.4 is 5.32 Å². The smallest absolute Gasteiger partial charge is 0.270 e. The number of aromatic nitrogens is 2. The first kappa shape index (κ1) is 13.9. The largest absolute Gasteiger partial charge is 0.379 e. The van der Waals surface area contributed by atoms with Gasteiger partial charge in [0.2, 0.25) is 0 Å². The van der Waals surface area contributed by atoms with Crippen LogP contribution in [0.1, 0.15) is 11.4 Å². The van der Waals surface area contributed by atoms with Crippen LogP contribution in [0.3, 0.4) is 0 Å². The second-order valence-electron chi connectivity index (χ2n) is 4.94. The quantitative estimate of drug-likeness (QED) is 0.588. The van der Waals surface area contributed by atoms with E-state index in [1.165, 1.54) is 6.07 Å². The van der Waals surface area contributed by atoms with Gasteiger partial charge in [0.1, 0.15) is 0 Å². The third kappa shape index (κ3) is 2.85. The molecule has 0 amide bonds. The molecule has 110 valence electrons. The number of hydrogen-bond donors (Lipinski definition) is 1. The van der Waals surface area contributed by atoms with E-state index in [2.05, 4.69) is 15.3 Å². The number of rotatable bonds is 4. The molecule has 22 heavy (non-hydrogen) atoms. The number of aryl methyl sites for hydroxylation is 1. The van der Waals surface area contributed by atoms with Crippen molar-refractivity contribution >= 4 is 22.3 Å². The molecule has 0 saturated heterocycles. The van der Waals surface area contributed by atoms with Crippen molar-refractivity contribution in [2.24, 2.45) is 0 Å². The zero-order valence-electron chi connectivity index (χ0n) is 12.0. The number of nitro benzene ring substituents is 1. The molecular formula is C16H14N4O2. The average molecular weight is 294 g/mol. The lowest BCUT2D eigenvalue weighted by Crippen LogP contribution is -2.03. The van der Waals surface area contributed by atoms with Gasteiger partial charge in [-0.1, -0.05) is 6.07 Å². The fourth-order valence-corrected chi connectivity index (χ4v) is 2.29. The first-order valence-corrected chi connectivity index (χ1v) is 6.83. The molecular weight excluding hydrogens is 280 g/mol. The molecule has 3 aromatic rings. The average Bonchev–Trinajstić information content (AvgIpc) is 2.53. The van der Waals surface area contributed by atoms with Crippen LogP contribution in [0, 0.1) is 17.0 Å². The number of anilines is 1. The van der Waals surface area contributed by atoms with Crippen molar-refractivity contribution < 1.29 is 4.92 Å². The van der Waals surface area contributed by atoms with Crippen LogP contribution in [0.15, 0.2) is 48.7 Å². The summed E-state index contributed by atoms with van der Waals surface area (Å²) < 4.78 is 0. The van der Waals surface area contributed by atoms with E-state index in [9.17, 15) is 10.1 Å². The Labute approximate surface area is 127 Å². The Kier molecular flexibility index (Phi) is 3.65. The van der Waals surface area contributed by atoms with E-state index in [1.807, 2.05) is 31.2 Å². The van der Waals surface area contributed by atoms with E-state index in [0.717, 1.165) is 28.0 Å². The number of hydrogen-bond acceptors (Lipinski definition) is 5. The van der Waals surface area contributed by atoms with Crippen molar-refractivity contribution in [1.29, 1.82) is 0 Å². The Morgan fingerprint density at radius 1 is 1.23 bits per heavy atom. The van der Waals surface area contributed by atoms with Gasteiger partial charge in [-0.2, -0.15) is 0 Å². The third-order valence-corrected chi connectivity index (χ3v) is 3.32. The van der Waals surface area contributed by atoms with E-state index < -0.39 is 4.92 Å². The van der Waals surface area contributed by atoms with Gasteiger partial charge in [0.25, 0.3) is 5.69 Å². The van der Waals surface area contributed by atoms with Gasteiger partial charge in [0.15, 0.2) is 0 Å². The van der Waals surface area contributed by atoms with Gasteiger partial charge in [0.05, 0.1) is 22.7 Å². The first-order valence-electron chi connectivity index (χ1n) is 6.83. The standard InChI is InChI=1S/C16H14N4O2/c1-11-8-16(18-10-12-4-2-3-7-17-12)14-9-13(20(21)22)5-6-15(14)19-11/h2-9H,10H2,1H3,(H,18,19). The van der Waals surface area contributed by atoms with Crippen LogP contribution >= 0.6 is 0 Å². The minimum Gasteiger partial charge on any atom is -0.379 e. The molecule has 3 rings (SSSR count). The maximum atomic E-state index is 11.0. The summed E-state index contributed by atoms with van der Waals surface area (Å²) in [4.78, 5) is 19.2. The predicted octanol–water partition coefficient (Wildman–Crippen LogP) is 3.46. The van der Waals surface area contributed by atoms with Gasteiger partial charge in [-0.25, -0.2) is 0 Å². The third-order valence-electron chi connectivity index (χ3n) is 3.32. The molecule has 6 heteroatoms. The summed E-state index contributed by atoms with van der Waals surface area (Å²) in [7, 11) is 0. The predicted molar refractivity (Wildman–Crippen MR) is 84.7 cm³/mol. The summed E-state index contributed by atoms with van der Waals surface area (Å²) >= 11 is 0. The van der Waals surface area contributed by atoms with Crippen molar-refractivity contribution in [3.05, 3.63) is 70.2 Å². The number of pyridine rings is 2. The maximum Gasteiger partial charge on any atom is 0.270 e. The van der Waals surface area contributed by atoms with E-state index in [1.54, 1.807) is 18.3 Å². The van der Waals surface area contributed by atoms with Crippen LogP contribution in [-0.4, -0.2) is 14.9 Å². The minimum atomic E-state index is -0.401. The van der Waals surface area contributed by atoms with Gasteiger partial charge in [-0.05, 0) is 31.2 Å². The van der Waals surface area contributed by atoms with Gasteiger partial charge in [-0.15, -0.1) is 0 Å². The van der Waals surface area contributed by atoms with Crippen LogP contribution in [0.5, 0.6) is 0 Å². The van der Waals surface area contributed by atoms with E-state index in [0.29, 0.717) is 6.54 Å². The molecule has 0 radical (unpaired) electrons. The molecule has 0 fully saturated rings. The fourth-order valence-electron chi connectivity index (χ4n) is 2.29. The molecule has 1 aromatic carbocycles. The zero-order valence-corrected chi connectivity index (χ0v) is 12.0. The van der Waals surface area contributed by atoms with E-state index >= 15 is 0 Å². The summed E-state index contributed by atoms with van der Waals surface area (Å²) in [6, 6.07) is 12.3. The summed E-state index contributed by atoms with van der Waals surface area (Å²) in [6.45, 7) is 2.44. The maximum absolute atomic E-state index is 11.0. The topological polar surface area (TPSA) is 81.0 Å². The SMILES string of the molecule is Cc1cc(NCc2ccccn2)c2cc([N+](=O)[O-])ccc2n1. The minimum absolute atomic E-state index is 0.0547. The van der Waals surface area contributed by atoms with Crippen molar-refractivity contribution in [3.8, 4) is 0 Å². The lowest BCUT2D eigenvalue weighted by Gasteiger charge is -2.10. The highest BCUT2D eigenvalue weighted by Crippen LogP contribution is 2.27. The number of benzene rings is 1. The number of nitro groups is 1. The Morgan fingerprint density at radius 3 is 2.82 bits per heavy atom. The second-order valence-corrected chi connectivity index (χ2v) is 4.94. The highest BCUT2D eigenvalue weighted by Gasteiger charge is 2.10. The van der Waals surface area contributed by atoms with Gasteiger partial charge in [-0.3, -0.25) is 20.1 Å². The molecule has 0 spiro atoms. The molecule has 6 nitrogen and oxygen atoms in total. The molecule has 0 aliphatic heterocycles. The highest BCUT2D eigenvalue weighted by atomic mass is 16.6. The van der Waals surface area contributed by atoms with Crippen LogP contribution in [0.2, 0.25) is 0 Å². The van der Waals surface area contributed by atoms with Gasteiger partial charge >= 0.3 is 0 Å². The zero-order chi connectivity index (χ0) is 15.5. The normalized spacial score (nSPS) is 10.6. The molecule has 2 heterocycles. The summed E-state index contributed by atoms with van der Waals surface area (Å²) in [5, 5.41) is 15.0. The van der Waals surface area contributed by atoms with Crippen molar-refractivity contribution in [2.75, 3.05) is 5.32 Å². The molecule has 0 saturated carbocycles. The van der Waals surface area contributed by atoms with Crippen LogP contribution in [0.4, 0.5) is 11.4 Å². The summed E-state index contributed by atoms with van der Waals surface area (Å²) in [5.41, 5.74) is 3.35. The Balaban J connectivity index is 1.99. The van der Waals surface area contributed by atoms with E-state index in [4.69, 9.17) is 0 Å². The number of nitrogens with zero attached hydrogens (tertiary/aromatic N) is 3. The van der Waals surface area contributed by atoms with Gasteiger partial charge in [0, 0.05) is 35.1 Å². The summed E-state index contributed by atoms with van der Waals surface area (Å²) in [5.74, 6) is 0. The molecule has 0 atom stereocenters. The van der Waals surface area contributed by atoms with E-state index in [-0.39, 0.29) is 5.69 Å². The molecule has 0 unspecified atom stereocenters. The molecule has 0 bridgehead atoms. The Morgan fingerprint density at radius 2 is 2.09 bits per heavy atom. The fraction of sp³-hybridized carbons (Fsp3) is 0.125. The summed E-state index contributed by atoms with van der Waals surface area (Å²) in [6.07, 6.45) is 1.73. The molecule has 0 aliphatic carbocycles. The van der Waals surface area contributed by atoms with Crippen LogP contribution in [-0.2, 0) is 6.54 Å². The first-order chi connectivity index (χ1) is 10.6. The number of nitrogens with one attached hydrogen (secondary N) is 1. The Hall–Kier alpha value is -3.02. The van der Waals surface area contributed by atoms with Gasteiger partial charge < -0.3 is 5.32 Å². The lowest BCUT2D eigenvalue weighted by molar-refractivity contribution is -0.384. The highest BCUT2D eigenvalue weighted by molar-refractivity contribution is 5.93. The van der Waals surface area contributed by atoms with Crippen molar-refractivity contribution in [1.82, 2.24) is 9.97 Å².